The standard InChI is InChI=1S/C15H15N3O3/c1-21-11-8-6-10(7-9-11)14(19)17-13-5-3-2-4-12(13)15(20)18-16/h2-9H,16H2,1H3,(H,17,19)(H,18,20). The van der Waals surface area contributed by atoms with Crippen LogP contribution in [0.1, 0.15) is 20.7 Å². The Morgan fingerprint density at radius 1 is 1.00 bits per heavy atom. The number of ether oxygens (including phenoxy) is 1. The smallest absolute Gasteiger partial charge is 0.267 e. The molecular formula is C15H15N3O3. The number of para-hydroxylation sites is 1. The molecule has 6 nitrogen and oxygen atoms in total. The number of anilines is 1. The van der Waals surface area contributed by atoms with Crippen molar-refractivity contribution in [1.82, 2.24) is 5.43 Å². The molecule has 6 heteroatoms. The third-order valence-corrected chi connectivity index (χ3v) is 2.90. The van der Waals surface area contributed by atoms with Gasteiger partial charge in [-0.2, -0.15) is 0 Å². The first-order chi connectivity index (χ1) is 10.2. The van der Waals surface area contributed by atoms with Crippen molar-refractivity contribution in [3.05, 3.63) is 59.7 Å². The molecule has 0 aliphatic rings. The van der Waals surface area contributed by atoms with Crippen molar-refractivity contribution in [2.75, 3.05) is 12.4 Å². The van der Waals surface area contributed by atoms with Gasteiger partial charge in [0, 0.05) is 5.56 Å². The number of hydrazine groups is 1. The molecule has 0 aliphatic heterocycles. The zero-order valence-electron chi connectivity index (χ0n) is 11.4. The van der Waals surface area contributed by atoms with E-state index in [0.29, 0.717) is 22.6 Å². The summed E-state index contributed by atoms with van der Waals surface area (Å²) in [6.07, 6.45) is 0. The van der Waals surface area contributed by atoms with Crippen LogP contribution in [0.5, 0.6) is 5.75 Å². The van der Waals surface area contributed by atoms with Crippen LogP contribution in [0.3, 0.4) is 0 Å². The number of benzene rings is 2. The SMILES string of the molecule is COc1ccc(C(=O)Nc2ccccc2C(=O)NN)cc1. The lowest BCUT2D eigenvalue weighted by Crippen LogP contribution is -2.31. The van der Waals surface area contributed by atoms with Crippen LogP contribution in [0.2, 0.25) is 0 Å². The normalized spacial score (nSPS) is 9.81. The number of hydrogen-bond donors (Lipinski definition) is 3. The Balaban J connectivity index is 2.21. The monoisotopic (exact) mass is 285 g/mol. The minimum Gasteiger partial charge on any atom is -0.497 e. The van der Waals surface area contributed by atoms with Gasteiger partial charge in [-0.25, -0.2) is 5.84 Å². The second kappa shape index (κ2) is 6.53. The van der Waals surface area contributed by atoms with E-state index in [9.17, 15) is 9.59 Å². The van der Waals surface area contributed by atoms with Gasteiger partial charge in [0.1, 0.15) is 5.75 Å². The summed E-state index contributed by atoms with van der Waals surface area (Å²) < 4.78 is 5.03. The number of carbonyl (C=O) groups is 2. The molecule has 0 unspecified atom stereocenters. The second-order valence-electron chi connectivity index (χ2n) is 4.20. The Morgan fingerprint density at radius 2 is 1.67 bits per heavy atom. The van der Waals surface area contributed by atoms with Crippen LogP contribution >= 0.6 is 0 Å². The fourth-order valence-electron chi connectivity index (χ4n) is 1.80. The molecule has 0 aliphatic carbocycles. The van der Waals surface area contributed by atoms with Gasteiger partial charge in [-0.3, -0.25) is 15.0 Å². The van der Waals surface area contributed by atoms with E-state index in [2.05, 4.69) is 5.32 Å². The molecule has 0 saturated heterocycles. The average Bonchev–Trinajstić information content (AvgIpc) is 2.54. The van der Waals surface area contributed by atoms with Crippen LogP contribution in [0.4, 0.5) is 5.69 Å². The summed E-state index contributed by atoms with van der Waals surface area (Å²) in [4.78, 5) is 23.8. The molecule has 0 saturated carbocycles. The molecule has 2 amide bonds. The molecule has 0 radical (unpaired) electrons. The highest BCUT2D eigenvalue weighted by Crippen LogP contribution is 2.17. The highest BCUT2D eigenvalue weighted by Gasteiger charge is 2.13. The van der Waals surface area contributed by atoms with E-state index < -0.39 is 5.91 Å². The summed E-state index contributed by atoms with van der Waals surface area (Å²) in [7, 11) is 1.55. The largest absolute Gasteiger partial charge is 0.497 e. The molecule has 2 aromatic carbocycles. The van der Waals surface area contributed by atoms with Crippen LogP contribution in [0.15, 0.2) is 48.5 Å². The summed E-state index contributed by atoms with van der Waals surface area (Å²) in [5.74, 6) is 4.99. The number of nitrogens with one attached hydrogen (secondary N) is 2. The van der Waals surface area contributed by atoms with Crippen LogP contribution in [-0.2, 0) is 0 Å². The van der Waals surface area contributed by atoms with Crippen molar-refractivity contribution in [3.8, 4) is 5.75 Å². The summed E-state index contributed by atoms with van der Waals surface area (Å²) >= 11 is 0. The molecule has 4 N–H and O–H groups in total. The Bertz CT molecular complexity index is 653. The third kappa shape index (κ3) is 3.37. The van der Waals surface area contributed by atoms with Crippen molar-refractivity contribution in [3.63, 3.8) is 0 Å². The van der Waals surface area contributed by atoms with E-state index in [4.69, 9.17) is 10.6 Å². The molecule has 0 spiro atoms. The quantitative estimate of drug-likeness (QED) is 0.451. The average molecular weight is 285 g/mol. The molecular weight excluding hydrogens is 270 g/mol. The van der Waals surface area contributed by atoms with Crippen LogP contribution in [0, 0.1) is 0 Å². The molecule has 108 valence electrons. The lowest BCUT2D eigenvalue weighted by Gasteiger charge is -2.10. The van der Waals surface area contributed by atoms with Crippen molar-refractivity contribution in [1.29, 1.82) is 0 Å². The van der Waals surface area contributed by atoms with Gasteiger partial charge in [0.05, 0.1) is 18.4 Å². The highest BCUT2D eigenvalue weighted by atomic mass is 16.5. The number of rotatable bonds is 4. The predicted octanol–water partition coefficient (Wildman–Crippen LogP) is 1.55. The summed E-state index contributed by atoms with van der Waals surface area (Å²) in [6, 6.07) is 13.3. The molecule has 0 aromatic heterocycles. The first kappa shape index (κ1) is 14.5. The third-order valence-electron chi connectivity index (χ3n) is 2.90. The minimum atomic E-state index is -0.472. The molecule has 2 rings (SSSR count). The lowest BCUT2D eigenvalue weighted by atomic mass is 10.1. The summed E-state index contributed by atoms with van der Waals surface area (Å²) in [5, 5.41) is 2.68. The van der Waals surface area contributed by atoms with Gasteiger partial charge in [0.15, 0.2) is 0 Å². The van der Waals surface area contributed by atoms with Gasteiger partial charge >= 0.3 is 0 Å². The van der Waals surface area contributed by atoms with E-state index in [0.717, 1.165) is 0 Å². The summed E-state index contributed by atoms with van der Waals surface area (Å²) in [6.45, 7) is 0. The summed E-state index contributed by atoms with van der Waals surface area (Å²) in [5.41, 5.74) is 3.18. The van der Waals surface area contributed by atoms with Crippen molar-refractivity contribution in [2.45, 2.75) is 0 Å². The Hall–Kier alpha value is -2.86. The number of carbonyl (C=O) groups excluding carboxylic acids is 2. The molecule has 2 aromatic rings. The Kier molecular flexibility index (Phi) is 4.53. The molecule has 0 heterocycles. The van der Waals surface area contributed by atoms with Gasteiger partial charge in [-0.05, 0) is 36.4 Å². The van der Waals surface area contributed by atoms with E-state index in [1.807, 2.05) is 5.43 Å². The van der Waals surface area contributed by atoms with E-state index in [1.54, 1.807) is 55.6 Å². The van der Waals surface area contributed by atoms with Gasteiger partial charge in [-0.1, -0.05) is 12.1 Å². The van der Waals surface area contributed by atoms with Gasteiger partial charge in [0.25, 0.3) is 11.8 Å². The van der Waals surface area contributed by atoms with Crippen molar-refractivity contribution >= 4 is 17.5 Å². The van der Waals surface area contributed by atoms with Crippen molar-refractivity contribution < 1.29 is 14.3 Å². The number of nitrogen functional groups attached to an aromatic ring is 1. The minimum absolute atomic E-state index is 0.293. The van der Waals surface area contributed by atoms with Crippen LogP contribution in [-0.4, -0.2) is 18.9 Å². The zero-order valence-corrected chi connectivity index (χ0v) is 11.4. The lowest BCUT2D eigenvalue weighted by molar-refractivity contribution is 0.0954. The van der Waals surface area contributed by atoms with Crippen molar-refractivity contribution in [2.24, 2.45) is 5.84 Å². The second-order valence-corrected chi connectivity index (χ2v) is 4.20. The maximum Gasteiger partial charge on any atom is 0.267 e. The number of amides is 2. The number of methoxy groups -OCH3 is 1. The van der Waals surface area contributed by atoms with E-state index >= 15 is 0 Å². The molecule has 0 fully saturated rings. The van der Waals surface area contributed by atoms with Gasteiger partial charge in [0.2, 0.25) is 0 Å². The zero-order chi connectivity index (χ0) is 15.2. The fraction of sp³-hybridized carbons (Fsp3) is 0.0667. The highest BCUT2D eigenvalue weighted by molar-refractivity contribution is 6.08. The van der Waals surface area contributed by atoms with Gasteiger partial charge in [-0.15, -0.1) is 0 Å². The maximum atomic E-state index is 12.2. The van der Waals surface area contributed by atoms with E-state index in [-0.39, 0.29) is 5.91 Å². The van der Waals surface area contributed by atoms with Crippen LogP contribution < -0.4 is 21.3 Å². The molecule has 21 heavy (non-hydrogen) atoms. The Labute approximate surface area is 121 Å². The fourth-order valence-corrected chi connectivity index (χ4v) is 1.80. The van der Waals surface area contributed by atoms with Crippen LogP contribution in [0.25, 0.3) is 0 Å². The number of nitrogens with two attached hydrogens (primary N) is 1. The maximum absolute atomic E-state index is 12.2. The molecule has 0 atom stereocenters. The Morgan fingerprint density at radius 3 is 2.29 bits per heavy atom. The topological polar surface area (TPSA) is 93.4 Å². The van der Waals surface area contributed by atoms with Gasteiger partial charge < -0.3 is 10.1 Å². The first-order valence-corrected chi connectivity index (χ1v) is 6.21. The molecule has 0 bridgehead atoms. The predicted molar refractivity (Wildman–Crippen MR) is 79.0 cm³/mol. The van der Waals surface area contributed by atoms with E-state index in [1.165, 1.54) is 0 Å². The first-order valence-electron chi connectivity index (χ1n) is 6.21. The number of hydrogen-bond acceptors (Lipinski definition) is 4.